The molecule has 8 aliphatic rings. The van der Waals surface area contributed by atoms with Crippen molar-refractivity contribution in [3.05, 3.63) is 11.6 Å². The smallest absolute Gasteiger partial charge is 0.187 e. The molecule has 12 heteroatoms. The summed E-state index contributed by atoms with van der Waals surface area (Å²) in [5.74, 6) is 3.68. The van der Waals surface area contributed by atoms with Crippen LogP contribution in [-0.4, -0.2) is 123 Å². The highest BCUT2D eigenvalue weighted by molar-refractivity contribution is 5.26. The molecule has 12 nitrogen and oxygen atoms in total. The Kier molecular flexibility index (Phi) is 9.83. The van der Waals surface area contributed by atoms with Crippen molar-refractivity contribution in [2.45, 2.75) is 172 Å². The third kappa shape index (κ3) is 5.84. The third-order valence-electron chi connectivity index (χ3n) is 15.8. The Morgan fingerprint density at radius 1 is 0.843 bits per heavy atom. The van der Waals surface area contributed by atoms with Crippen LogP contribution in [0.4, 0.5) is 0 Å². The molecule has 4 aliphatic carbocycles. The molecular formula is C39H63NO11. The zero-order valence-electron chi connectivity index (χ0n) is 31.0. The SMILES string of the molecule is C[C@@H]1CC[C@@]2(NC1)O[C@H]1C[C@H]3[C@@H]4CC=C5C[C@@H](O[C@@H]6O[C@H](CO)[C@H](O)[C@H](O)[C@H]6O[C@@H]6O[C@@H](C)[C@H](O)[C@@H](O)[C@H]6O)CC[C@]5(C)[C@H]4CC[C@]3(C)[C@H]1[C@@H]2C. The lowest BCUT2D eigenvalue weighted by atomic mass is 9.47. The van der Waals surface area contributed by atoms with Gasteiger partial charge in [-0.15, -0.1) is 0 Å². The molecule has 290 valence electrons. The van der Waals surface area contributed by atoms with Crippen LogP contribution in [-0.2, 0) is 23.7 Å². The Labute approximate surface area is 302 Å². The normalized spacial score (nSPS) is 58.4. The van der Waals surface area contributed by atoms with Gasteiger partial charge in [-0.05, 0) is 105 Å². The van der Waals surface area contributed by atoms with E-state index in [-0.39, 0.29) is 22.7 Å². The monoisotopic (exact) mass is 721 g/mol. The number of nitrogens with one attached hydrogen (secondary N) is 1. The second-order valence-electron chi connectivity index (χ2n) is 18.4. The van der Waals surface area contributed by atoms with Crippen LogP contribution >= 0.6 is 0 Å². The molecule has 21 atom stereocenters. The number of ether oxygens (including phenoxy) is 5. The quantitative estimate of drug-likeness (QED) is 0.206. The van der Waals surface area contributed by atoms with Crippen LogP contribution < -0.4 is 5.32 Å². The molecule has 3 saturated carbocycles. The molecule has 1 spiro atoms. The molecule has 0 aromatic rings. The maximum absolute atomic E-state index is 11.1. The summed E-state index contributed by atoms with van der Waals surface area (Å²) < 4.78 is 31.2. The van der Waals surface area contributed by atoms with Crippen LogP contribution in [0.2, 0.25) is 0 Å². The molecule has 4 heterocycles. The summed E-state index contributed by atoms with van der Waals surface area (Å²) in [6, 6.07) is 0. The van der Waals surface area contributed by atoms with E-state index in [9.17, 15) is 30.6 Å². The number of aliphatic hydroxyl groups is 6. The van der Waals surface area contributed by atoms with Crippen molar-refractivity contribution >= 4 is 0 Å². The molecule has 7 N–H and O–H groups in total. The van der Waals surface area contributed by atoms with Gasteiger partial charge in [0.15, 0.2) is 12.6 Å². The Balaban J connectivity index is 0.964. The average Bonchev–Trinajstić information content (AvgIpc) is 3.56. The number of fused-ring (bicyclic) bond motifs is 7. The molecule has 0 aromatic carbocycles. The number of aliphatic hydroxyl groups excluding tert-OH is 6. The average molecular weight is 722 g/mol. The topological polar surface area (TPSA) is 180 Å². The molecule has 0 bridgehead atoms. The standard InChI is InChI=1S/C39H63NO11/c1-18-8-13-39(40-16-18)19(2)28-26(51-39)15-25-23-7-6-21-14-22(9-11-37(21,4)24(23)10-12-38(25,28)5)48-36-34(32(45)30(43)27(17-41)49-36)50-35-33(46)31(44)29(42)20(3)47-35/h6,18-20,22-36,40-46H,7-17H2,1-5H3/t18-,19+,20+,22+,23-,24+,25+,26+,27-,28+,29+,30+,31-,32+,33-,34-,35+,36-,37+,38+,39-/m1/s1. The summed E-state index contributed by atoms with van der Waals surface area (Å²) in [6.07, 6.45) is -1.26. The highest BCUT2D eigenvalue weighted by atomic mass is 16.8. The number of hydrogen-bond acceptors (Lipinski definition) is 12. The van der Waals surface area contributed by atoms with Gasteiger partial charge in [0.2, 0.25) is 0 Å². The summed E-state index contributed by atoms with van der Waals surface area (Å²) in [5, 5.41) is 66.8. The van der Waals surface area contributed by atoms with Crippen molar-refractivity contribution < 1.29 is 54.3 Å². The Hall–Kier alpha value is -0.740. The van der Waals surface area contributed by atoms with Gasteiger partial charge in [0.25, 0.3) is 0 Å². The molecule has 4 aliphatic heterocycles. The molecule has 0 unspecified atom stereocenters. The van der Waals surface area contributed by atoms with Crippen molar-refractivity contribution in [3.63, 3.8) is 0 Å². The predicted molar refractivity (Wildman–Crippen MR) is 184 cm³/mol. The molecule has 0 aromatic heterocycles. The van der Waals surface area contributed by atoms with Crippen molar-refractivity contribution in [3.8, 4) is 0 Å². The highest BCUT2D eigenvalue weighted by Gasteiger charge is 2.68. The van der Waals surface area contributed by atoms with Crippen molar-refractivity contribution in [1.82, 2.24) is 5.32 Å². The largest absolute Gasteiger partial charge is 0.394 e. The Morgan fingerprint density at radius 2 is 1.63 bits per heavy atom. The van der Waals surface area contributed by atoms with E-state index in [1.807, 2.05) is 0 Å². The van der Waals surface area contributed by atoms with Crippen LogP contribution in [0.5, 0.6) is 0 Å². The zero-order chi connectivity index (χ0) is 36.2. The van der Waals surface area contributed by atoms with Gasteiger partial charge in [0.05, 0.1) is 24.9 Å². The van der Waals surface area contributed by atoms with Gasteiger partial charge in [-0.2, -0.15) is 0 Å². The molecule has 51 heavy (non-hydrogen) atoms. The minimum atomic E-state index is -1.60. The van der Waals surface area contributed by atoms with E-state index in [2.05, 4.69) is 39.1 Å². The maximum Gasteiger partial charge on any atom is 0.187 e. The van der Waals surface area contributed by atoms with Crippen LogP contribution in [0.3, 0.4) is 0 Å². The molecule has 4 saturated heterocycles. The fourth-order valence-corrected chi connectivity index (χ4v) is 12.7. The molecule has 8 rings (SSSR count). The first kappa shape index (κ1) is 37.2. The van der Waals surface area contributed by atoms with Gasteiger partial charge in [-0.3, -0.25) is 5.32 Å². The lowest BCUT2D eigenvalue weighted by molar-refractivity contribution is -0.369. The first-order valence-corrected chi connectivity index (χ1v) is 20.0. The second-order valence-corrected chi connectivity index (χ2v) is 18.4. The summed E-state index contributed by atoms with van der Waals surface area (Å²) in [4.78, 5) is 0. The van der Waals surface area contributed by atoms with Crippen molar-refractivity contribution in [2.24, 2.45) is 46.3 Å². The van der Waals surface area contributed by atoms with Crippen LogP contribution in [0, 0.1) is 46.3 Å². The number of allylic oxidation sites excluding steroid dienone is 1. The number of rotatable bonds is 5. The van der Waals surface area contributed by atoms with Crippen molar-refractivity contribution in [2.75, 3.05) is 13.2 Å². The summed E-state index contributed by atoms with van der Waals surface area (Å²) in [6.45, 7) is 11.9. The van der Waals surface area contributed by atoms with Crippen LogP contribution in [0.25, 0.3) is 0 Å². The number of piperidine rings is 1. The van der Waals surface area contributed by atoms with Crippen molar-refractivity contribution in [1.29, 1.82) is 0 Å². The van der Waals surface area contributed by atoms with E-state index in [4.69, 9.17) is 23.7 Å². The lowest BCUT2D eigenvalue weighted by Crippen LogP contribution is -2.64. The van der Waals surface area contributed by atoms with Gasteiger partial charge in [0.1, 0.15) is 48.5 Å². The number of hydrogen-bond donors (Lipinski definition) is 7. The van der Waals surface area contributed by atoms with E-state index in [1.54, 1.807) is 6.92 Å². The van der Waals surface area contributed by atoms with E-state index in [1.165, 1.54) is 24.8 Å². The zero-order valence-corrected chi connectivity index (χ0v) is 31.0. The minimum absolute atomic E-state index is 0.0659. The Morgan fingerprint density at radius 3 is 2.35 bits per heavy atom. The fraction of sp³-hybridized carbons (Fsp3) is 0.949. The van der Waals surface area contributed by atoms with E-state index in [0.717, 1.165) is 38.6 Å². The summed E-state index contributed by atoms with van der Waals surface area (Å²) >= 11 is 0. The lowest BCUT2D eigenvalue weighted by Gasteiger charge is -2.59. The van der Waals surface area contributed by atoms with Crippen LogP contribution in [0.15, 0.2) is 11.6 Å². The molecule has 0 amide bonds. The Bertz CT molecular complexity index is 1310. The predicted octanol–water partition coefficient (Wildman–Crippen LogP) is 1.96. The maximum atomic E-state index is 11.1. The van der Waals surface area contributed by atoms with Gasteiger partial charge in [0, 0.05) is 12.5 Å². The highest BCUT2D eigenvalue weighted by Crippen LogP contribution is 2.70. The first-order chi connectivity index (χ1) is 24.2. The second kappa shape index (κ2) is 13.5. The summed E-state index contributed by atoms with van der Waals surface area (Å²) in [5.41, 5.74) is 1.61. The molecule has 7 fully saturated rings. The van der Waals surface area contributed by atoms with Gasteiger partial charge in [-0.1, -0.05) is 39.3 Å². The first-order valence-electron chi connectivity index (χ1n) is 20.0. The van der Waals surface area contributed by atoms with E-state index in [0.29, 0.717) is 48.0 Å². The van der Waals surface area contributed by atoms with Gasteiger partial charge in [-0.25, -0.2) is 0 Å². The fourth-order valence-electron chi connectivity index (χ4n) is 12.7. The van der Waals surface area contributed by atoms with E-state index < -0.39 is 68.0 Å². The van der Waals surface area contributed by atoms with Gasteiger partial charge >= 0.3 is 0 Å². The molecular weight excluding hydrogens is 658 g/mol. The summed E-state index contributed by atoms with van der Waals surface area (Å²) in [7, 11) is 0. The molecule has 0 radical (unpaired) electrons. The van der Waals surface area contributed by atoms with Crippen LogP contribution in [0.1, 0.15) is 92.4 Å². The third-order valence-corrected chi connectivity index (χ3v) is 15.8. The van der Waals surface area contributed by atoms with E-state index >= 15 is 0 Å². The van der Waals surface area contributed by atoms with Gasteiger partial charge < -0.3 is 54.3 Å². The minimum Gasteiger partial charge on any atom is -0.394 e.